The van der Waals surface area contributed by atoms with Gasteiger partial charge in [0.1, 0.15) is 3.64 Å². The van der Waals surface area contributed by atoms with Crippen LogP contribution in [-0.4, -0.2) is 0 Å². The Balaban J connectivity index is 2.20. The molecule has 0 heterocycles. The summed E-state index contributed by atoms with van der Waals surface area (Å²) in [4.78, 5) is 5.50. The van der Waals surface area contributed by atoms with Crippen molar-refractivity contribution >= 4 is 55.3 Å². The molecule has 1 unspecified atom stereocenters. The molecule has 0 N–H and O–H groups in total. The molecule has 0 bridgehead atoms. The van der Waals surface area contributed by atoms with Crippen LogP contribution in [0, 0.1) is 17.9 Å². The first-order valence-corrected chi connectivity index (χ1v) is 13.5. The fourth-order valence-electron chi connectivity index (χ4n) is 1.58. The third-order valence-electron chi connectivity index (χ3n) is 2.59. The second kappa shape index (κ2) is 8.64. The molecule has 0 saturated carbocycles. The van der Waals surface area contributed by atoms with Gasteiger partial charge in [-0.05, 0) is 29.7 Å². The summed E-state index contributed by atoms with van der Waals surface area (Å²) < 4.78 is -1.91. The van der Waals surface area contributed by atoms with Crippen molar-refractivity contribution in [2.45, 2.75) is 9.79 Å². The van der Waals surface area contributed by atoms with Crippen LogP contribution in [0.1, 0.15) is 5.56 Å². The van der Waals surface area contributed by atoms with Gasteiger partial charge in [0.2, 0.25) is 0 Å². The normalized spacial score (nSPS) is 12.6. The highest BCUT2D eigenvalue weighted by molar-refractivity contribution is 9.23. The summed E-state index contributed by atoms with van der Waals surface area (Å²) in [5.41, 5.74) is 1.26. The molecule has 114 valence electrons. The summed E-state index contributed by atoms with van der Waals surface area (Å²) in [5, 5.41) is 10.7. The summed E-state index contributed by atoms with van der Waals surface area (Å²) in [6.07, 6.45) is 0. The van der Waals surface area contributed by atoms with Crippen molar-refractivity contribution < 1.29 is 0 Å². The Labute approximate surface area is 153 Å². The zero-order chi connectivity index (χ0) is 16.7. The first-order valence-electron chi connectivity index (χ1n) is 6.35. The van der Waals surface area contributed by atoms with Crippen LogP contribution >= 0.6 is 37.8 Å². The van der Waals surface area contributed by atoms with E-state index in [-0.39, 0.29) is 0 Å². The molecule has 0 spiro atoms. The van der Waals surface area contributed by atoms with Crippen LogP contribution in [0.15, 0.2) is 70.3 Å². The molecule has 0 fully saturated rings. The Morgan fingerprint density at radius 1 is 1.09 bits per heavy atom. The zero-order valence-corrected chi connectivity index (χ0v) is 16.0. The lowest BCUT2D eigenvalue weighted by molar-refractivity contribution is 1.42. The Morgan fingerprint density at radius 2 is 1.61 bits per heavy atom. The SMILES string of the molecule is [C-]#[N+]c1ccc(SP(=S)(SC=C)Sc2ccc(C#N)cc2)cc1. The lowest BCUT2D eigenvalue weighted by atomic mass is 10.2. The molecule has 0 radical (unpaired) electrons. The fourth-order valence-corrected chi connectivity index (χ4v) is 13.5. The fraction of sp³-hybridized carbons (Fsp3) is 0. The largest absolute Gasteiger partial charge is 0.238 e. The van der Waals surface area contributed by atoms with Gasteiger partial charge in [0.15, 0.2) is 5.69 Å². The van der Waals surface area contributed by atoms with Gasteiger partial charge in [-0.15, -0.1) is 0 Å². The number of hydrogen-bond acceptors (Lipinski definition) is 5. The number of nitrogens with zero attached hydrogens (tertiary/aromatic N) is 2. The van der Waals surface area contributed by atoms with Crippen molar-refractivity contribution in [3.8, 4) is 6.07 Å². The second-order valence-corrected chi connectivity index (χ2v) is 19.4. The zero-order valence-electron chi connectivity index (χ0n) is 11.9. The molecule has 1 atom stereocenters. The van der Waals surface area contributed by atoms with Crippen molar-refractivity contribution in [2.24, 2.45) is 0 Å². The maximum absolute atomic E-state index is 8.87. The van der Waals surface area contributed by atoms with Gasteiger partial charge >= 0.3 is 0 Å². The number of nitriles is 1. The summed E-state index contributed by atoms with van der Waals surface area (Å²) in [7, 11) is 0. The van der Waals surface area contributed by atoms with E-state index in [1.807, 2.05) is 24.3 Å². The van der Waals surface area contributed by atoms with Gasteiger partial charge in [-0.2, -0.15) is 5.26 Å². The van der Waals surface area contributed by atoms with E-state index in [2.05, 4.69) is 17.5 Å². The average molecular weight is 391 g/mol. The van der Waals surface area contributed by atoms with Crippen molar-refractivity contribution in [1.29, 1.82) is 5.26 Å². The lowest BCUT2D eigenvalue weighted by Gasteiger charge is -2.18. The third-order valence-corrected chi connectivity index (χ3v) is 14.6. The smallest absolute Gasteiger partial charge is 0.187 e. The Morgan fingerprint density at radius 3 is 2.04 bits per heavy atom. The molecule has 0 aliphatic heterocycles. The van der Waals surface area contributed by atoms with Crippen molar-refractivity contribution in [1.82, 2.24) is 0 Å². The summed E-state index contributed by atoms with van der Waals surface area (Å²) in [6.45, 7) is 10.8. The highest BCUT2D eigenvalue weighted by atomic mass is 33.5. The van der Waals surface area contributed by atoms with Crippen molar-refractivity contribution in [3.63, 3.8) is 0 Å². The molecule has 0 aliphatic rings. The minimum atomic E-state index is -1.91. The molecular formula is C16H11N2PS4. The standard InChI is InChI=1S/C16H11N2PS4/c1-3-21-19(20,22-15-8-4-13(12-17)5-9-15)23-16-10-6-14(18-2)7-11-16/h3-11H,1H2. The van der Waals surface area contributed by atoms with E-state index >= 15 is 0 Å². The molecule has 0 aliphatic carbocycles. The van der Waals surface area contributed by atoms with E-state index in [1.165, 1.54) is 0 Å². The van der Waals surface area contributed by atoms with E-state index in [0.717, 1.165) is 9.79 Å². The maximum atomic E-state index is 8.87. The molecular weight excluding hydrogens is 379 g/mol. The van der Waals surface area contributed by atoms with E-state index < -0.39 is 3.64 Å². The Hall–Kier alpha value is -1.14. The maximum Gasteiger partial charge on any atom is 0.187 e. The van der Waals surface area contributed by atoms with Gasteiger partial charge in [0.05, 0.1) is 18.2 Å². The predicted octanol–water partition coefficient (Wildman–Crippen LogP) is 7.09. The third kappa shape index (κ3) is 5.46. The highest BCUT2D eigenvalue weighted by Crippen LogP contribution is 2.81. The number of rotatable bonds is 6. The number of benzene rings is 2. The molecule has 23 heavy (non-hydrogen) atoms. The number of hydrogen-bond donors (Lipinski definition) is 0. The molecule has 2 aromatic carbocycles. The topological polar surface area (TPSA) is 28.1 Å². The van der Waals surface area contributed by atoms with Crippen molar-refractivity contribution in [2.75, 3.05) is 0 Å². The van der Waals surface area contributed by atoms with E-state index in [9.17, 15) is 0 Å². The monoisotopic (exact) mass is 390 g/mol. The van der Waals surface area contributed by atoms with Crippen molar-refractivity contribution in [3.05, 3.63) is 77.5 Å². The van der Waals surface area contributed by atoms with Crippen LogP contribution in [0.25, 0.3) is 4.85 Å². The van der Waals surface area contributed by atoms with Crippen LogP contribution in [0.2, 0.25) is 0 Å². The Bertz CT molecular complexity index is 754. The molecule has 2 nitrogen and oxygen atoms in total. The molecule has 0 amide bonds. The molecule has 2 rings (SSSR count). The molecule has 0 aromatic heterocycles. The summed E-state index contributed by atoms with van der Waals surface area (Å²) >= 11 is 10.8. The first-order chi connectivity index (χ1) is 11.1. The Kier molecular flexibility index (Phi) is 6.84. The van der Waals surface area contributed by atoms with E-state index in [0.29, 0.717) is 11.3 Å². The minimum absolute atomic E-state index is 0.624. The van der Waals surface area contributed by atoms with E-state index in [1.54, 1.807) is 63.8 Å². The van der Waals surface area contributed by atoms with Crippen LogP contribution < -0.4 is 0 Å². The van der Waals surface area contributed by atoms with Gasteiger partial charge in [-0.3, -0.25) is 0 Å². The summed E-state index contributed by atoms with van der Waals surface area (Å²) in [6, 6.07) is 17.0. The van der Waals surface area contributed by atoms with Crippen LogP contribution in [0.3, 0.4) is 0 Å². The summed E-state index contributed by atoms with van der Waals surface area (Å²) in [5.74, 6) is 0. The van der Waals surface area contributed by atoms with Gasteiger partial charge in [0.25, 0.3) is 0 Å². The van der Waals surface area contributed by atoms with Gasteiger partial charge in [-0.25, -0.2) is 4.85 Å². The second-order valence-electron chi connectivity index (χ2n) is 4.14. The predicted molar refractivity (Wildman–Crippen MR) is 108 cm³/mol. The average Bonchev–Trinajstić information content (AvgIpc) is 2.56. The van der Waals surface area contributed by atoms with Crippen LogP contribution in [0.4, 0.5) is 5.69 Å². The lowest BCUT2D eigenvalue weighted by Crippen LogP contribution is -1.74. The van der Waals surface area contributed by atoms with E-state index in [4.69, 9.17) is 23.6 Å². The van der Waals surface area contributed by atoms with Crippen LogP contribution in [0.5, 0.6) is 0 Å². The van der Waals surface area contributed by atoms with Gasteiger partial charge in [-0.1, -0.05) is 76.8 Å². The van der Waals surface area contributed by atoms with Gasteiger partial charge < -0.3 is 0 Å². The highest BCUT2D eigenvalue weighted by Gasteiger charge is 2.20. The molecule has 7 heteroatoms. The first kappa shape index (κ1) is 18.2. The van der Waals surface area contributed by atoms with Gasteiger partial charge in [0, 0.05) is 9.79 Å². The minimum Gasteiger partial charge on any atom is -0.238 e. The molecule has 0 saturated heterocycles. The van der Waals surface area contributed by atoms with Crippen LogP contribution in [-0.2, 0) is 11.8 Å². The quantitative estimate of drug-likeness (QED) is 0.388. The molecule has 2 aromatic rings.